The summed E-state index contributed by atoms with van der Waals surface area (Å²) in [5, 5.41) is 5.82. The van der Waals surface area contributed by atoms with E-state index in [2.05, 4.69) is 25.6 Å². The van der Waals surface area contributed by atoms with Crippen LogP contribution >= 0.6 is 0 Å². The molecule has 0 aliphatic heterocycles. The van der Waals surface area contributed by atoms with E-state index in [4.69, 9.17) is 4.74 Å². The van der Waals surface area contributed by atoms with Gasteiger partial charge in [0.1, 0.15) is 11.9 Å². The maximum atomic E-state index is 11.8. The van der Waals surface area contributed by atoms with Gasteiger partial charge in [-0.3, -0.25) is 5.32 Å². The maximum Gasteiger partial charge on any atom is 0.412 e. The molecule has 0 spiro atoms. The fourth-order valence-electron chi connectivity index (χ4n) is 2.27. The summed E-state index contributed by atoms with van der Waals surface area (Å²) in [6.07, 6.45) is 0.976. The fraction of sp³-hybridized carbons (Fsp3) is 0.200. The molecule has 0 saturated heterocycles. The summed E-state index contributed by atoms with van der Waals surface area (Å²) in [4.78, 5) is 24.6. The highest BCUT2D eigenvalue weighted by Crippen LogP contribution is 2.19. The molecule has 0 fully saturated rings. The number of carbonyl (C=O) groups excluding carboxylic acids is 1. The summed E-state index contributed by atoms with van der Waals surface area (Å²) in [6, 6.07) is 16.9. The van der Waals surface area contributed by atoms with E-state index in [-0.39, 0.29) is 0 Å². The van der Waals surface area contributed by atoms with Crippen molar-refractivity contribution in [2.75, 3.05) is 10.6 Å². The smallest absolute Gasteiger partial charge is 0.412 e. The molecular formula is C20H21N5O2. The number of nitrogens with zero attached hydrogens (tertiary/aromatic N) is 3. The molecule has 3 aromatic rings. The Morgan fingerprint density at radius 1 is 0.926 bits per heavy atom. The van der Waals surface area contributed by atoms with Crippen molar-refractivity contribution in [2.45, 2.75) is 26.4 Å². The van der Waals surface area contributed by atoms with Gasteiger partial charge in [-0.05, 0) is 45.0 Å². The zero-order valence-electron chi connectivity index (χ0n) is 15.4. The lowest BCUT2D eigenvalue weighted by Gasteiger charge is -2.19. The summed E-state index contributed by atoms with van der Waals surface area (Å²) in [6.45, 7) is 5.45. The third-order valence-corrected chi connectivity index (χ3v) is 3.39. The van der Waals surface area contributed by atoms with Crippen LogP contribution in [0, 0.1) is 0 Å². The predicted molar refractivity (Wildman–Crippen MR) is 105 cm³/mol. The number of ether oxygens (including phenoxy) is 1. The van der Waals surface area contributed by atoms with Crippen LogP contribution in [0.2, 0.25) is 0 Å². The third-order valence-electron chi connectivity index (χ3n) is 3.39. The van der Waals surface area contributed by atoms with Crippen LogP contribution in [0.1, 0.15) is 20.8 Å². The quantitative estimate of drug-likeness (QED) is 0.702. The van der Waals surface area contributed by atoms with Crippen molar-refractivity contribution in [1.82, 2.24) is 15.0 Å². The van der Waals surface area contributed by atoms with E-state index in [9.17, 15) is 4.79 Å². The highest BCUT2D eigenvalue weighted by atomic mass is 16.6. The Labute approximate surface area is 157 Å². The fourth-order valence-corrected chi connectivity index (χ4v) is 2.27. The van der Waals surface area contributed by atoms with Crippen LogP contribution in [0.15, 0.2) is 60.9 Å². The van der Waals surface area contributed by atoms with Gasteiger partial charge < -0.3 is 10.1 Å². The van der Waals surface area contributed by atoms with Crippen LogP contribution in [0.25, 0.3) is 11.4 Å². The Morgan fingerprint density at radius 2 is 1.59 bits per heavy atom. The van der Waals surface area contributed by atoms with Gasteiger partial charge in [0, 0.05) is 16.9 Å². The van der Waals surface area contributed by atoms with Crippen molar-refractivity contribution in [3.63, 3.8) is 0 Å². The highest BCUT2D eigenvalue weighted by Gasteiger charge is 2.16. The monoisotopic (exact) mass is 363 g/mol. The van der Waals surface area contributed by atoms with Crippen LogP contribution in [0.4, 0.5) is 22.1 Å². The number of hydrogen-bond donors (Lipinski definition) is 2. The second-order valence-electron chi connectivity index (χ2n) is 6.83. The Kier molecular flexibility index (Phi) is 5.30. The molecule has 27 heavy (non-hydrogen) atoms. The number of benzene rings is 2. The molecule has 7 nitrogen and oxygen atoms in total. The Hall–Kier alpha value is -3.48. The molecule has 0 radical (unpaired) electrons. The summed E-state index contributed by atoms with van der Waals surface area (Å²) < 4.78 is 5.23. The molecule has 1 amide bonds. The molecule has 0 saturated carbocycles. The van der Waals surface area contributed by atoms with E-state index in [0.717, 1.165) is 11.3 Å². The zero-order valence-corrected chi connectivity index (χ0v) is 15.4. The number of amides is 1. The lowest BCUT2D eigenvalue weighted by atomic mass is 10.2. The number of carbonyl (C=O) groups is 1. The number of nitrogens with one attached hydrogen (secondary N) is 2. The lowest BCUT2D eigenvalue weighted by molar-refractivity contribution is 0.0636. The first-order chi connectivity index (χ1) is 12.9. The van der Waals surface area contributed by atoms with E-state index in [1.54, 1.807) is 12.1 Å². The number of anilines is 3. The van der Waals surface area contributed by atoms with Gasteiger partial charge in [-0.1, -0.05) is 30.3 Å². The highest BCUT2D eigenvalue weighted by molar-refractivity contribution is 5.85. The molecule has 2 aromatic carbocycles. The molecule has 7 heteroatoms. The van der Waals surface area contributed by atoms with Crippen molar-refractivity contribution in [3.05, 3.63) is 60.9 Å². The van der Waals surface area contributed by atoms with Crippen LogP contribution < -0.4 is 10.6 Å². The number of aromatic nitrogens is 3. The predicted octanol–water partition coefficient (Wildman–Crippen LogP) is 4.63. The maximum absolute atomic E-state index is 11.8. The average Bonchev–Trinajstić information content (AvgIpc) is 2.63. The molecule has 0 aliphatic rings. The Morgan fingerprint density at radius 3 is 2.26 bits per heavy atom. The van der Waals surface area contributed by atoms with Gasteiger partial charge in [0.2, 0.25) is 5.95 Å². The van der Waals surface area contributed by atoms with Gasteiger partial charge >= 0.3 is 6.09 Å². The van der Waals surface area contributed by atoms with Crippen LogP contribution in [-0.2, 0) is 4.74 Å². The molecule has 0 bridgehead atoms. The van der Waals surface area contributed by atoms with Gasteiger partial charge in [-0.15, -0.1) is 0 Å². The second-order valence-corrected chi connectivity index (χ2v) is 6.83. The molecule has 2 N–H and O–H groups in total. The van der Waals surface area contributed by atoms with Crippen molar-refractivity contribution < 1.29 is 9.53 Å². The molecule has 138 valence electrons. The summed E-state index contributed by atoms with van der Waals surface area (Å²) in [7, 11) is 0. The first kappa shape index (κ1) is 18.3. The Balaban J connectivity index is 1.66. The van der Waals surface area contributed by atoms with Crippen molar-refractivity contribution in [1.29, 1.82) is 0 Å². The minimum absolute atomic E-state index is 0.441. The second kappa shape index (κ2) is 7.82. The van der Waals surface area contributed by atoms with E-state index in [1.165, 1.54) is 6.33 Å². The van der Waals surface area contributed by atoms with Crippen LogP contribution in [0.5, 0.6) is 0 Å². The Bertz CT molecular complexity index is 906. The molecular weight excluding hydrogens is 342 g/mol. The SMILES string of the molecule is CC(C)(C)OC(=O)Nc1ccc(Nc2ncnc(-c3ccccc3)n2)cc1. The molecule has 0 unspecified atom stereocenters. The first-order valence-electron chi connectivity index (χ1n) is 8.51. The first-order valence-corrected chi connectivity index (χ1v) is 8.51. The minimum atomic E-state index is -0.541. The third kappa shape index (κ3) is 5.50. The standard InChI is InChI=1S/C20H21N5O2/c1-20(2,3)27-19(26)24-16-11-9-15(10-12-16)23-18-22-13-21-17(25-18)14-7-5-4-6-8-14/h4-13H,1-3H3,(H,24,26)(H,21,22,23,25). The van der Waals surface area contributed by atoms with Gasteiger partial charge in [0.25, 0.3) is 0 Å². The topological polar surface area (TPSA) is 89.0 Å². The molecule has 1 aromatic heterocycles. The van der Waals surface area contributed by atoms with E-state index in [1.807, 2.05) is 63.2 Å². The van der Waals surface area contributed by atoms with E-state index < -0.39 is 11.7 Å². The molecule has 0 atom stereocenters. The van der Waals surface area contributed by atoms with Crippen molar-refractivity contribution in [3.8, 4) is 11.4 Å². The van der Waals surface area contributed by atoms with Gasteiger partial charge in [0.05, 0.1) is 0 Å². The van der Waals surface area contributed by atoms with Crippen molar-refractivity contribution >= 4 is 23.4 Å². The van der Waals surface area contributed by atoms with Gasteiger partial charge in [0.15, 0.2) is 5.82 Å². The zero-order chi connectivity index (χ0) is 19.3. The van der Waals surface area contributed by atoms with E-state index in [0.29, 0.717) is 17.5 Å². The van der Waals surface area contributed by atoms with Gasteiger partial charge in [-0.25, -0.2) is 14.8 Å². The summed E-state index contributed by atoms with van der Waals surface area (Å²) in [5.41, 5.74) is 1.80. The number of hydrogen-bond acceptors (Lipinski definition) is 6. The van der Waals surface area contributed by atoms with E-state index >= 15 is 0 Å². The minimum Gasteiger partial charge on any atom is -0.444 e. The molecule has 3 rings (SSSR count). The van der Waals surface area contributed by atoms with Gasteiger partial charge in [-0.2, -0.15) is 4.98 Å². The molecule has 1 heterocycles. The normalized spacial score (nSPS) is 10.9. The largest absolute Gasteiger partial charge is 0.444 e. The summed E-state index contributed by atoms with van der Waals surface area (Å²) >= 11 is 0. The summed E-state index contributed by atoms with van der Waals surface area (Å²) in [5.74, 6) is 1.04. The average molecular weight is 363 g/mol. The van der Waals surface area contributed by atoms with Crippen molar-refractivity contribution in [2.24, 2.45) is 0 Å². The van der Waals surface area contributed by atoms with Crippen LogP contribution in [0.3, 0.4) is 0 Å². The molecule has 0 aliphatic carbocycles. The number of rotatable bonds is 4. The van der Waals surface area contributed by atoms with Crippen LogP contribution in [-0.4, -0.2) is 26.6 Å². The lowest BCUT2D eigenvalue weighted by Crippen LogP contribution is -2.27.